The Bertz CT molecular complexity index is 1290. The van der Waals surface area contributed by atoms with E-state index in [0.29, 0.717) is 23.1 Å². The summed E-state index contributed by atoms with van der Waals surface area (Å²) in [5.74, 6) is 0.184. The van der Waals surface area contributed by atoms with Gasteiger partial charge in [-0.3, -0.25) is 19.4 Å². The van der Waals surface area contributed by atoms with Crippen molar-refractivity contribution in [1.29, 1.82) is 0 Å². The second-order valence-corrected chi connectivity index (χ2v) is 8.92. The Morgan fingerprint density at radius 1 is 1.06 bits per heavy atom. The fraction of sp³-hybridized carbons (Fsp3) is 0.308. The van der Waals surface area contributed by atoms with E-state index in [2.05, 4.69) is 27.5 Å². The Labute approximate surface area is 202 Å². The second-order valence-electron chi connectivity index (χ2n) is 8.92. The van der Waals surface area contributed by atoms with Gasteiger partial charge in [-0.25, -0.2) is 0 Å². The summed E-state index contributed by atoms with van der Waals surface area (Å²) in [5.41, 5.74) is 0.306. The van der Waals surface area contributed by atoms with E-state index in [1.54, 1.807) is 24.3 Å². The first-order valence-corrected chi connectivity index (χ1v) is 11.8. The van der Waals surface area contributed by atoms with Crippen molar-refractivity contribution < 1.29 is 14.3 Å². The van der Waals surface area contributed by atoms with E-state index in [-0.39, 0.29) is 29.8 Å². The minimum absolute atomic E-state index is 0.127. The summed E-state index contributed by atoms with van der Waals surface area (Å²) in [7, 11) is 0. The highest BCUT2D eigenvalue weighted by atomic mass is 16.5. The summed E-state index contributed by atoms with van der Waals surface area (Å²) in [6.45, 7) is 2.87. The van der Waals surface area contributed by atoms with Gasteiger partial charge in [-0.15, -0.1) is 0 Å². The lowest BCUT2D eigenvalue weighted by Gasteiger charge is -2.34. The smallest absolute Gasteiger partial charge is 0.258 e. The third kappa shape index (κ3) is 4.89. The molecule has 1 fully saturated rings. The molecule has 2 aliphatic heterocycles. The molecule has 2 aromatic carbocycles. The van der Waals surface area contributed by atoms with Crippen molar-refractivity contribution in [3.05, 3.63) is 70.5 Å². The zero-order chi connectivity index (χ0) is 24.4. The number of anilines is 3. The van der Waals surface area contributed by atoms with Crippen LogP contribution in [0.5, 0.6) is 11.5 Å². The standard InChI is InChI=1S/C26H27N5O4/c1-16-7-5-6-14-31(16)26-29-23-22(25(34)30-26)20(15-21(32)28-23)24(33)27-17-10-12-19(13-11-17)35-18-8-3-2-4-9-18/h2-4,8-13,16,20H,5-7,14-15H2,1H3,(H,27,33)(H2,28,29,30,32,34)/t16-,20-/m0/s1. The number of carbonyl (C=O) groups is 2. The number of rotatable bonds is 5. The van der Waals surface area contributed by atoms with Crippen molar-refractivity contribution in [2.24, 2.45) is 0 Å². The van der Waals surface area contributed by atoms with Crippen molar-refractivity contribution in [3.8, 4) is 11.5 Å². The van der Waals surface area contributed by atoms with Gasteiger partial charge in [-0.1, -0.05) is 18.2 Å². The van der Waals surface area contributed by atoms with Gasteiger partial charge >= 0.3 is 0 Å². The highest BCUT2D eigenvalue weighted by Crippen LogP contribution is 2.32. The van der Waals surface area contributed by atoms with E-state index in [1.165, 1.54) is 0 Å². The number of fused-ring (bicyclic) bond motifs is 1. The molecule has 180 valence electrons. The van der Waals surface area contributed by atoms with Gasteiger partial charge in [-0.2, -0.15) is 4.98 Å². The maximum atomic E-state index is 13.1. The molecule has 9 nitrogen and oxygen atoms in total. The number of piperidine rings is 1. The Hall–Kier alpha value is -4.14. The Morgan fingerprint density at radius 3 is 2.54 bits per heavy atom. The molecule has 3 aromatic rings. The lowest BCUT2D eigenvalue weighted by Crippen LogP contribution is -2.41. The van der Waals surface area contributed by atoms with Gasteiger partial charge in [0.1, 0.15) is 17.3 Å². The summed E-state index contributed by atoms with van der Waals surface area (Å²) in [5, 5.41) is 5.49. The van der Waals surface area contributed by atoms with Crippen LogP contribution in [0.2, 0.25) is 0 Å². The molecule has 0 aliphatic carbocycles. The van der Waals surface area contributed by atoms with Gasteiger partial charge in [0.15, 0.2) is 0 Å². The van der Waals surface area contributed by atoms with Crippen molar-refractivity contribution in [2.75, 3.05) is 22.1 Å². The molecule has 3 N–H and O–H groups in total. The maximum absolute atomic E-state index is 13.1. The Balaban J connectivity index is 1.34. The highest BCUT2D eigenvalue weighted by Gasteiger charge is 2.35. The van der Waals surface area contributed by atoms with Crippen LogP contribution in [0.25, 0.3) is 0 Å². The number of hydrogen-bond donors (Lipinski definition) is 3. The zero-order valence-electron chi connectivity index (χ0n) is 19.4. The van der Waals surface area contributed by atoms with Gasteiger partial charge in [0.05, 0.1) is 11.5 Å². The van der Waals surface area contributed by atoms with E-state index >= 15 is 0 Å². The summed E-state index contributed by atoms with van der Waals surface area (Å²) in [6.07, 6.45) is 3.02. The molecule has 0 spiro atoms. The zero-order valence-corrected chi connectivity index (χ0v) is 19.4. The first-order chi connectivity index (χ1) is 17.0. The van der Waals surface area contributed by atoms with Crippen LogP contribution >= 0.6 is 0 Å². The lowest BCUT2D eigenvalue weighted by molar-refractivity contribution is -0.123. The molecule has 2 atom stereocenters. The van der Waals surface area contributed by atoms with Gasteiger partial charge < -0.3 is 20.3 Å². The molecule has 5 rings (SSSR count). The van der Waals surface area contributed by atoms with E-state index < -0.39 is 17.4 Å². The number of ether oxygens (including phenoxy) is 1. The van der Waals surface area contributed by atoms with Crippen LogP contribution in [-0.4, -0.2) is 34.4 Å². The number of benzene rings is 2. The van der Waals surface area contributed by atoms with Crippen LogP contribution in [0, 0.1) is 0 Å². The van der Waals surface area contributed by atoms with Gasteiger partial charge in [0.25, 0.3) is 5.56 Å². The number of aromatic nitrogens is 2. The summed E-state index contributed by atoms with van der Waals surface area (Å²) in [4.78, 5) is 48.0. The van der Waals surface area contributed by atoms with E-state index in [1.807, 2.05) is 35.2 Å². The van der Waals surface area contributed by atoms with Gasteiger partial charge in [0.2, 0.25) is 17.8 Å². The van der Waals surface area contributed by atoms with Crippen molar-refractivity contribution in [2.45, 2.75) is 44.6 Å². The monoisotopic (exact) mass is 473 g/mol. The predicted octanol–water partition coefficient (Wildman–Crippen LogP) is 4.01. The molecule has 0 saturated carbocycles. The van der Waals surface area contributed by atoms with Crippen LogP contribution in [0.4, 0.5) is 17.5 Å². The van der Waals surface area contributed by atoms with Crippen LogP contribution in [0.1, 0.15) is 44.1 Å². The van der Waals surface area contributed by atoms with Crippen LogP contribution < -0.4 is 25.8 Å². The number of aromatic amines is 1. The van der Waals surface area contributed by atoms with Crippen LogP contribution in [0.3, 0.4) is 0 Å². The molecule has 1 aromatic heterocycles. The minimum atomic E-state index is -0.942. The molecular weight excluding hydrogens is 446 g/mol. The van der Waals surface area contributed by atoms with E-state index in [4.69, 9.17) is 4.74 Å². The number of amides is 2. The molecule has 0 radical (unpaired) electrons. The van der Waals surface area contributed by atoms with Crippen molar-refractivity contribution >= 4 is 29.3 Å². The van der Waals surface area contributed by atoms with Crippen molar-refractivity contribution in [1.82, 2.24) is 9.97 Å². The minimum Gasteiger partial charge on any atom is -0.457 e. The normalized spacial score (nSPS) is 19.5. The Morgan fingerprint density at radius 2 is 1.80 bits per heavy atom. The molecule has 2 amide bonds. The molecule has 1 saturated heterocycles. The first-order valence-electron chi connectivity index (χ1n) is 11.8. The molecule has 2 aliphatic rings. The first kappa shape index (κ1) is 22.6. The predicted molar refractivity (Wildman–Crippen MR) is 133 cm³/mol. The Kier molecular flexibility index (Phi) is 6.22. The number of para-hydroxylation sites is 1. The fourth-order valence-electron chi connectivity index (χ4n) is 4.59. The fourth-order valence-corrected chi connectivity index (χ4v) is 4.59. The van der Waals surface area contributed by atoms with Crippen LogP contribution in [-0.2, 0) is 9.59 Å². The molecule has 3 heterocycles. The number of H-pyrrole nitrogens is 1. The largest absolute Gasteiger partial charge is 0.457 e. The average molecular weight is 474 g/mol. The topological polar surface area (TPSA) is 116 Å². The van der Waals surface area contributed by atoms with Gasteiger partial charge in [-0.05, 0) is 62.6 Å². The quantitative estimate of drug-likeness (QED) is 0.516. The summed E-state index contributed by atoms with van der Waals surface area (Å²) in [6, 6.07) is 16.5. The maximum Gasteiger partial charge on any atom is 0.258 e. The third-order valence-electron chi connectivity index (χ3n) is 6.43. The van der Waals surface area contributed by atoms with Gasteiger partial charge in [0, 0.05) is 24.7 Å². The second kappa shape index (κ2) is 9.61. The molecule has 9 heteroatoms. The lowest BCUT2D eigenvalue weighted by atomic mass is 9.92. The number of carbonyl (C=O) groups excluding carboxylic acids is 2. The average Bonchev–Trinajstić information content (AvgIpc) is 2.85. The summed E-state index contributed by atoms with van der Waals surface area (Å²) < 4.78 is 5.78. The van der Waals surface area contributed by atoms with Crippen LogP contribution in [0.15, 0.2) is 59.4 Å². The van der Waals surface area contributed by atoms with E-state index in [9.17, 15) is 14.4 Å². The highest BCUT2D eigenvalue weighted by molar-refractivity contribution is 6.04. The van der Waals surface area contributed by atoms with Crippen molar-refractivity contribution in [3.63, 3.8) is 0 Å². The molecule has 35 heavy (non-hydrogen) atoms. The van der Waals surface area contributed by atoms with E-state index in [0.717, 1.165) is 25.8 Å². The number of hydrogen-bond acceptors (Lipinski definition) is 6. The number of nitrogens with one attached hydrogen (secondary N) is 3. The molecule has 0 bridgehead atoms. The summed E-state index contributed by atoms with van der Waals surface area (Å²) >= 11 is 0. The molecule has 0 unspecified atom stereocenters. The number of nitrogens with zero attached hydrogens (tertiary/aromatic N) is 2. The SMILES string of the molecule is C[C@H]1CCCCN1c1nc2c(c(=O)[nH]1)[C@@H](C(=O)Nc1ccc(Oc3ccccc3)cc1)CC(=O)N2. The third-order valence-corrected chi connectivity index (χ3v) is 6.43. The molecular formula is C26H27N5O4.